The molecule has 1 aromatic rings. The van der Waals surface area contributed by atoms with Crippen molar-refractivity contribution in [3.63, 3.8) is 0 Å². The second-order valence-electron chi connectivity index (χ2n) is 5.40. The van der Waals surface area contributed by atoms with E-state index in [-0.39, 0.29) is 5.54 Å². The molecule has 0 aromatic heterocycles. The van der Waals surface area contributed by atoms with Crippen LogP contribution in [-0.4, -0.2) is 48.0 Å². The van der Waals surface area contributed by atoms with Gasteiger partial charge in [-0.25, -0.2) is 0 Å². The Balaban J connectivity index is 1.66. The van der Waals surface area contributed by atoms with Crippen LogP contribution in [0.1, 0.15) is 12.0 Å². The van der Waals surface area contributed by atoms with Crippen molar-refractivity contribution in [3.05, 3.63) is 35.9 Å². The van der Waals surface area contributed by atoms with Gasteiger partial charge in [0.2, 0.25) is 0 Å². The molecule has 4 heteroatoms. The maximum atomic E-state index is 5.89. The quantitative estimate of drug-likeness (QED) is 0.840. The van der Waals surface area contributed by atoms with E-state index < -0.39 is 0 Å². The summed E-state index contributed by atoms with van der Waals surface area (Å²) in [5, 5.41) is 0. The molecular formula is C14H20N4. The first-order chi connectivity index (χ1) is 8.70. The molecule has 0 aliphatic carbocycles. The van der Waals surface area contributed by atoms with E-state index in [0.717, 1.165) is 32.6 Å². The molecular weight excluding hydrogens is 224 g/mol. The molecule has 2 aliphatic rings. The monoisotopic (exact) mass is 244 g/mol. The van der Waals surface area contributed by atoms with Crippen molar-refractivity contribution in [2.24, 2.45) is 10.7 Å². The Morgan fingerprint density at radius 1 is 1.33 bits per heavy atom. The molecule has 1 unspecified atom stereocenters. The smallest absolute Gasteiger partial charge is 0.191 e. The first-order valence-electron chi connectivity index (χ1n) is 6.50. The Morgan fingerprint density at radius 3 is 2.78 bits per heavy atom. The average Bonchev–Trinajstić information content (AvgIpc) is 2.91. The van der Waals surface area contributed by atoms with Gasteiger partial charge in [-0.05, 0) is 12.0 Å². The number of hydrogen-bond acceptors (Lipinski definition) is 4. The summed E-state index contributed by atoms with van der Waals surface area (Å²) in [7, 11) is 2.07. The summed E-state index contributed by atoms with van der Waals surface area (Å²) in [6, 6.07) is 10.6. The highest BCUT2D eigenvalue weighted by molar-refractivity contribution is 5.80. The van der Waals surface area contributed by atoms with E-state index >= 15 is 0 Å². The van der Waals surface area contributed by atoms with Crippen LogP contribution in [0.4, 0.5) is 0 Å². The molecule has 3 rings (SSSR count). The molecule has 1 saturated heterocycles. The van der Waals surface area contributed by atoms with E-state index in [1.165, 1.54) is 5.56 Å². The molecule has 4 nitrogen and oxygen atoms in total. The average molecular weight is 244 g/mol. The first-order valence-corrected chi connectivity index (χ1v) is 6.50. The summed E-state index contributed by atoms with van der Waals surface area (Å²) < 4.78 is 0. The molecule has 1 atom stereocenters. The van der Waals surface area contributed by atoms with Gasteiger partial charge in [0.05, 0.1) is 12.1 Å². The van der Waals surface area contributed by atoms with E-state index in [4.69, 9.17) is 5.73 Å². The number of likely N-dealkylation sites (tertiary alicyclic amines) is 1. The van der Waals surface area contributed by atoms with Crippen molar-refractivity contribution >= 4 is 5.96 Å². The molecule has 1 fully saturated rings. The Hall–Kier alpha value is -1.55. The molecule has 2 aliphatic heterocycles. The van der Waals surface area contributed by atoms with Gasteiger partial charge >= 0.3 is 0 Å². The van der Waals surface area contributed by atoms with Crippen molar-refractivity contribution < 1.29 is 0 Å². The van der Waals surface area contributed by atoms with Crippen LogP contribution >= 0.6 is 0 Å². The number of nitrogens with two attached hydrogens (primary N) is 1. The number of rotatable bonds is 2. The molecule has 0 bridgehead atoms. The maximum Gasteiger partial charge on any atom is 0.191 e. The van der Waals surface area contributed by atoms with Crippen molar-refractivity contribution in [3.8, 4) is 0 Å². The van der Waals surface area contributed by atoms with Crippen molar-refractivity contribution in [2.45, 2.75) is 18.5 Å². The largest absolute Gasteiger partial charge is 0.370 e. The number of guanidine groups is 1. The summed E-state index contributed by atoms with van der Waals surface area (Å²) in [5.41, 5.74) is 7.42. The lowest BCUT2D eigenvalue weighted by atomic mass is 9.98. The normalized spacial score (nSPS) is 28.1. The third kappa shape index (κ3) is 1.86. The highest BCUT2D eigenvalue weighted by atomic mass is 15.4. The topological polar surface area (TPSA) is 44.9 Å². The predicted octanol–water partition coefficient (Wildman–Crippen LogP) is 0.891. The standard InChI is InChI=1S/C14H20N4/c1-17-13(15)16-10-14(17)7-8-18(11-14)9-12-5-3-2-4-6-12/h2-6H,7-11H2,1H3,(H2,15,16). The summed E-state index contributed by atoms with van der Waals surface area (Å²) in [4.78, 5) is 9.05. The summed E-state index contributed by atoms with van der Waals surface area (Å²) >= 11 is 0. The Morgan fingerprint density at radius 2 is 2.11 bits per heavy atom. The van der Waals surface area contributed by atoms with E-state index in [9.17, 15) is 0 Å². The number of nitrogens with zero attached hydrogens (tertiary/aromatic N) is 3. The Kier molecular flexibility index (Phi) is 2.74. The third-order valence-corrected chi connectivity index (χ3v) is 4.25. The molecule has 18 heavy (non-hydrogen) atoms. The molecule has 0 radical (unpaired) electrons. The molecule has 96 valence electrons. The van der Waals surface area contributed by atoms with Crippen LogP contribution < -0.4 is 5.73 Å². The summed E-state index contributed by atoms with van der Waals surface area (Å²) in [5.74, 6) is 0.691. The molecule has 1 aromatic carbocycles. The lowest BCUT2D eigenvalue weighted by Gasteiger charge is -2.32. The highest BCUT2D eigenvalue weighted by Gasteiger charge is 2.45. The third-order valence-electron chi connectivity index (χ3n) is 4.25. The van der Waals surface area contributed by atoms with Crippen molar-refractivity contribution in [1.29, 1.82) is 0 Å². The van der Waals surface area contributed by atoms with Gasteiger partial charge in [-0.1, -0.05) is 30.3 Å². The minimum Gasteiger partial charge on any atom is -0.370 e. The molecule has 1 spiro atoms. The minimum atomic E-state index is 0.152. The first kappa shape index (κ1) is 11.5. The molecule has 0 amide bonds. The lowest BCUT2D eigenvalue weighted by Crippen LogP contribution is -2.50. The molecule has 0 saturated carbocycles. The number of hydrogen-bond donors (Lipinski definition) is 1. The van der Waals surface area contributed by atoms with E-state index in [0.29, 0.717) is 5.96 Å². The zero-order valence-electron chi connectivity index (χ0n) is 10.8. The van der Waals surface area contributed by atoms with Gasteiger partial charge in [0.25, 0.3) is 0 Å². The van der Waals surface area contributed by atoms with Gasteiger partial charge < -0.3 is 10.6 Å². The zero-order valence-corrected chi connectivity index (χ0v) is 10.8. The fourth-order valence-corrected chi connectivity index (χ4v) is 3.00. The highest BCUT2D eigenvalue weighted by Crippen LogP contribution is 2.31. The Labute approximate surface area is 108 Å². The van der Waals surface area contributed by atoms with Crippen LogP contribution in [0.5, 0.6) is 0 Å². The van der Waals surface area contributed by atoms with E-state index in [2.05, 4.69) is 52.2 Å². The minimum absolute atomic E-state index is 0.152. The van der Waals surface area contributed by atoms with Crippen molar-refractivity contribution in [1.82, 2.24) is 9.80 Å². The zero-order chi connectivity index (χ0) is 12.6. The van der Waals surface area contributed by atoms with Crippen LogP contribution in [0.25, 0.3) is 0 Å². The van der Waals surface area contributed by atoms with Gasteiger partial charge in [0.1, 0.15) is 0 Å². The Bertz CT molecular complexity index is 456. The second kappa shape index (κ2) is 4.28. The number of benzene rings is 1. The number of aliphatic imine (C=N–C) groups is 1. The van der Waals surface area contributed by atoms with Crippen LogP contribution in [0, 0.1) is 0 Å². The van der Waals surface area contributed by atoms with Gasteiger partial charge in [0.15, 0.2) is 5.96 Å². The van der Waals surface area contributed by atoms with Crippen molar-refractivity contribution in [2.75, 3.05) is 26.7 Å². The maximum absolute atomic E-state index is 5.89. The van der Waals surface area contributed by atoms with E-state index in [1.807, 2.05) is 0 Å². The van der Waals surface area contributed by atoms with Gasteiger partial charge in [0, 0.05) is 26.7 Å². The van der Waals surface area contributed by atoms with Crippen LogP contribution in [-0.2, 0) is 6.54 Å². The summed E-state index contributed by atoms with van der Waals surface area (Å²) in [6.07, 6.45) is 1.15. The van der Waals surface area contributed by atoms with Gasteiger partial charge in [-0.15, -0.1) is 0 Å². The molecule has 2 N–H and O–H groups in total. The van der Waals surface area contributed by atoms with Gasteiger partial charge in [-0.3, -0.25) is 9.89 Å². The van der Waals surface area contributed by atoms with Gasteiger partial charge in [-0.2, -0.15) is 0 Å². The fourth-order valence-electron chi connectivity index (χ4n) is 3.00. The lowest BCUT2D eigenvalue weighted by molar-refractivity contribution is 0.221. The van der Waals surface area contributed by atoms with E-state index in [1.54, 1.807) is 0 Å². The fraction of sp³-hybridized carbons (Fsp3) is 0.500. The predicted molar refractivity (Wildman–Crippen MR) is 73.3 cm³/mol. The number of likely N-dealkylation sites (N-methyl/N-ethyl adjacent to an activating group) is 1. The second-order valence-corrected chi connectivity index (χ2v) is 5.40. The van der Waals surface area contributed by atoms with Crippen LogP contribution in [0.2, 0.25) is 0 Å². The SMILES string of the molecule is CN1C(N)=NCC12CCN(Cc1ccccc1)C2. The molecule has 2 heterocycles. The van der Waals surface area contributed by atoms with Crippen LogP contribution in [0.3, 0.4) is 0 Å². The van der Waals surface area contributed by atoms with Crippen LogP contribution in [0.15, 0.2) is 35.3 Å². The summed E-state index contributed by atoms with van der Waals surface area (Å²) in [6.45, 7) is 4.06.